The number of benzene rings is 4. The van der Waals surface area contributed by atoms with Gasteiger partial charge in [0.2, 0.25) is 0 Å². The molecule has 0 heterocycles. The fraction of sp³-hybridized carbons (Fsp3) is 0.268. The van der Waals surface area contributed by atoms with Crippen LogP contribution in [-0.2, 0) is 27.9 Å². The molecular weight excluding hydrogens is 639 g/mol. The number of fused-ring (bicyclic) bond motifs is 2. The van der Waals surface area contributed by atoms with Gasteiger partial charge in [0.05, 0.1) is 0 Å². The van der Waals surface area contributed by atoms with E-state index in [9.17, 15) is 0 Å². The van der Waals surface area contributed by atoms with Crippen molar-refractivity contribution in [2.45, 2.75) is 72.4 Å². The van der Waals surface area contributed by atoms with Gasteiger partial charge in [0.1, 0.15) is 0 Å². The van der Waals surface area contributed by atoms with Gasteiger partial charge in [0.15, 0.2) is 0 Å². The summed E-state index contributed by atoms with van der Waals surface area (Å²) in [5.74, 6) is 0. The second-order valence-electron chi connectivity index (χ2n) is 13.4. The van der Waals surface area contributed by atoms with Crippen LogP contribution in [0.5, 0.6) is 0 Å². The zero-order valence-corrected chi connectivity index (χ0v) is 32.3. The van der Waals surface area contributed by atoms with Gasteiger partial charge < -0.3 is 0 Å². The van der Waals surface area contributed by atoms with E-state index in [1.165, 1.54) is 60.5 Å². The second kappa shape index (κ2) is 17.0. The van der Waals surface area contributed by atoms with Crippen LogP contribution in [-0.4, -0.2) is 9.52 Å². The van der Waals surface area contributed by atoms with E-state index in [2.05, 4.69) is 177 Å². The first-order chi connectivity index (χ1) is 21.3. The van der Waals surface area contributed by atoms with Gasteiger partial charge in [-0.1, -0.05) is 133 Å². The molecule has 6 aromatic rings. The zero-order chi connectivity index (χ0) is 33.2. The Morgan fingerprint density at radius 2 is 1.02 bits per heavy atom. The molecule has 45 heavy (non-hydrogen) atoms. The maximum atomic E-state index is 4.89. The molecule has 0 saturated heterocycles. The fourth-order valence-electron chi connectivity index (χ4n) is 5.35. The monoisotopic (exact) mass is 684 g/mol. The molecule has 0 atom stereocenters. The Bertz CT molecular complexity index is 1740. The molecule has 0 aliphatic heterocycles. The van der Waals surface area contributed by atoms with E-state index in [0.29, 0.717) is 0 Å². The van der Waals surface area contributed by atoms with Crippen molar-refractivity contribution in [2.75, 3.05) is 0 Å². The van der Waals surface area contributed by atoms with Crippen LogP contribution in [0.1, 0.15) is 58.2 Å². The van der Waals surface area contributed by atoms with Crippen molar-refractivity contribution in [1.29, 1.82) is 0 Å². The average Bonchev–Trinajstić information content (AvgIpc) is 3.63. The van der Waals surface area contributed by atoms with E-state index >= 15 is 0 Å². The van der Waals surface area contributed by atoms with Crippen molar-refractivity contribution in [1.82, 2.24) is 0 Å². The third-order valence-corrected chi connectivity index (χ3v) is 7.70. The Hall–Kier alpha value is -2.39. The van der Waals surface area contributed by atoms with Gasteiger partial charge in [-0.05, 0) is 33.1 Å². The van der Waals surface area contributed by atoms with Crippen LogP contribution in [0.15, 0.2) is 115 Å². The molecule has 0 fully saturated rings. The topological polar surface area (TPSA) is 0 Å². The molecule has 0 amide bonds. The Labute approximate surface area is 291 Å². The zero-order valence-electron chi connectivity index (χ0n) is 28.2. The molecule has 0 saturated carbocycles. The molecule has 0 aromatic heterocycles. The van der Waals surface area contributed by atoms with Crippen molar-refractivity contribution < 1.29 is 17.0 Å². The van der Waals surface area contributed by atoms with Gasteiger partial charge in [-0.25, -0.2) is 0 Å². The Morgan fingerprint density at radius 3 is 1.47 bits per heavy atom. The maximum absolute atomic E-state index is 4.89. The molecule has 0 nitrogen and oxygen atoms in total. The van der Waals surface area contributed by atoms with Gasteiger partial charge in [-0.3, -0.25) is 0 Å². The van der Waals surface area contributed by atoms with Gasteiger partial charge in [0, 0.05) is 9.52 Å². The molecule has 0 N–H and O–H groups in total. The molecule has 4 heteroatoms. The van der Waals surface area contributed by atoms with Crippen LogP contribution >= 0.6 is 18.6 Å². The van der Waals surface area contributed by atoms with Gasteiger partial charge in [-0.2, -0.15) is 18.2 Å². The summed E-state index contributed by atoms with van der Waals surface area (Å²) in [6, 6.07) is 42.1. The summed E-state index contributed by atoms with van der Waals surface area (Å²) < 4.78 is 0. The minimum atomic E-state index is -0.556. The van der Waals surface area contributed by atoms with E-state index in [4.69, 9.17) is 18.6 Å². The fourth-order valence-corrected chi connectivity index (χ4v) is 5.35. The van der Waals surface area contributed by atoms with Crippen molar-refractivity contribution in [3.8, 4) is 22.3 Å². The van der Waals surface area contributed by atoms with E-state index < -0.39 is 17.0 Å². The summed E-state index contributed by atoms with van der Waals surface area (Å²) in [5, 5.41) is 5.34. The molecular formula is C41H46Cl2SiTi-2. The molecule has 0 unspecified atom stereocenters. The Balaban J connectivity index is 0.000000209. The number of hydrogen-bond donors (Lipinski definition) is 0. The van der Waals surface area contributed by atoms with Crippen LogP contribution in [0.4, 0.5) is 0 Å². The molecule has 0 bridgehead atoms. The molecule has 234 valence electrons. The normalized spacial score (nSPS) is 11.1. The minimum absolute atomic E-state index is 0.210. The van der Waals surface area contributed by atoms with Crippen LogP contribution in [0.25, 0.3) is 43.8 Å². The summed E-state index contributed by atoms with van der Waals surface area (Å²) in [4.78, 5) is 0. The number of hydrogen-bond acceptors (Lipinski definition) is 0. The van der Waals surface area contributed by atoms with Gasteiger partial charge >= 0.3 is 35.6 Å². The van der Waals surface area contributed by atoms with Crippen LogP contribution in [0, 0.1) is 6.92 Å². The molecule has 6 aromatic carbocycles. The summed E-state index contributed by atoms with van der Waals surface area (Å²) >= 11 is -0.556. The van der Waals surface area contributed by atoms with Crippen LogP contribution in [0.3, 0.4) is 0 Å². The van der Waals surface area contributed by atoms with E-state index in [1.807, 2.05) is 0 Å². The second-order valence-corrected chi connectivity index (χ2v) is 17.0. The van der Waals surface area contributed by atoms with Crippen molar-refractivity contribution >= 4 is 49.7 Å². The molecule has 0 spiro atoms. The van der Waals surface area contributed by atoms with E-state index in [-0.39, 0.29) is 10.8 Å². The average molecular weight is 686 g/mol. The summed E-state index contributed by atoms with van der Waals surface area (Å²) in [6.45, 7) is 20.0. The Morgan fingerprint density at radius 1 is 0.600 bits per heavy atom. The van der Waals surface area contributed by atoms with Gasteiger partial charge in [-0.15, -0.1) is 63.5 Å². The molecule has 6 rings (SSSR count). The van der Waals surface area contributed by atoms with Gasteiger partial charge in [0.25, 0.3) is 0 Å². The summed E-state index contributed by atoms with van der Waals surface area (Å²) in [7, 11) is 10.9. The number of rotatable bonds is 2. The van der Waals surface area contributed by atoms with Crippen LogP contribution < -0.4 is 0 Å². The van der Waals surface area contributed by atoms with Crippen LogP contribution in [0.2, 0.25) is 13.1 Å². The summed E-state index contributed by atoms with van der Waals surface area (Å²) in [5.41, 5.74) is 9.77. The predicted molar refractivity (Wildman–Crippen MR) is 201 cm³/mol. The number of aryl methyl sites for hydroxylation is 1. The first kappa shape index (κ1) is 37.1. The van der Waals surface area contributed by atoms with Crippen molar-refractivity contribution in [3.63, 3.8) is 0 Å². The molecule has 2 radical (unpaired) electrons. The van der Waals surface area contributed by atoms with Crippen molar-refractivity contribution in [2.24, 2.45) is 0 Å². The summed E-state index contributed by atoms with van der Waals surface area (Å²) in [6.07, 6.45) is 0. The van der Waals surface area contributed by atoms with Crippen molar-refractivity contribution in [3.05, 3.63) is 132 Å². The SMILES string of the molecule is CC(C)(C)c1ccc(-c2cccc3[cH-]ccc23)cc1.C[Si]C.Cc1cc2c(-c3ccc(C(C)(C)C)cc3)cccc2[cH-]1.[Cl][Ti][Cl]. The van der Waals surface area contributed by atoms with E-state index in [0.717, 1.165) is 9.52 Å². The van der Waals surface area contributed by atoms with E-state index in [1.54, 1.807) is 0 Å². The predicted octanol–water partition coefficient (Wildman–Crippen LogP) is 13.5. The quantitative estimate of drug-likeness (QED) is 0.126. The first-order valence-corrected chi connectivity index (χ1v) is 21.7. The third kappa shape index (κ3) is 10.3. The number of halogens is 2. The molecule has 0 aliphatic carbocycles. The molecule has 0 aliphatic rings. The standard InChI is InChI=1S/C20H21.C19H19.C2H6Si.2ClH.Ti/c1-14-12-16-6-5-7-18(19(16)13-14)15-8-10-17(11-9-15)20(2,3)4;1-19(2,3)16-12-10-15(11-13-16)18-9-5-7-14-6-4-8-17(14)18;1-3-2;;;/h5-13H,1-4H3;4-13H,1-3H3;1-2H3;2*1H;/q2*-1;;;;+2/p-2. The first-order valence-electron chi connectivity index (χ1n) is 15.4. The third-order valence-electron chi connectivity index (χ3n) is 7.70. The Kier molecular flexibility index (Phi) is 14.0.